The summed E-state index contributed by atoms with van der Waals surface area (Å²) in [5.74, 6) is 0. The molecule has 0 aromatic heterocycles. The molecule has 1 aliphatic rings. The van der Waals surface area contributed by atoms with Crippen molar-refractivity contribution in [2.75, 3.05) is 27.2 Å². The zero-order chi connectivity index (χ0) is 12.3. The summed E-state index contributed by atoms with van der Waals surface area (Å²) in [4.78, 5) is 0. The predicted molar refractivity (Wildman–Crippen MR) is 65.5 cm³/mol. The molecule has 16 heavy (non-hydrogen) atoms. The predicted octanol–water partition coefficient (Wildman–Crippen LogP) is 0.255. The number of rotatable bonds is 4. The molecule has 0 saturated carbocycles. The maximum absolute atomic E-state index is 12.1. The van der Waals surface area contributed by atoms with E-state index in [1.165, 1.54) is 4.31 Å². The average molecular weight is 249 g/mol. The lowest BCUT2D eigenvalue weighted by Crippen LogP contribution is -2.59. The van der Waals surface area contributed by atoms with Gasteiger partial charge in [0.25, 0.3) is 10.2 Å². The summed E-state index contributed by atoms with van der Waals surface area (Å²) in [5, 5.41) is 3.39. The molecule has 1 aliphatic heterocycles. The molecule has 0 aromatic rings. The van der Waals surface area contributed by atoms with Crippen LogP contribution >= 0.6 is 0 Å². The van der Waals surface area contributed by atoms with Gasteiger partial charge < -0.3 is 5.32 Å². The summed E-state index contributed by atoms with van der Waals surface area (Å²) < 4.78 is 27.2. The Labute approximate surface area is 99.0 Å². The van der Waals surface area contributed by atoms with Gasteiger partial charge in [-0.25, -0.2) is 0 Å². The lowest BCUT2D eigenvalue weighted by molar-refractivity contribution is 0.206. The molecule has 0 amide bonds. The van der Waals surface area contributed by atoms with Crippen molar-refractivity contribution < 1.29 is 8.42 Å². The van der Waals surface area contributed by atoms with E-state index in [1.807, 2.05) is 6.92 Å². The third-order valence-corrected chi connectivity index (χ3v) is 5.13. The van der Waals surface area contributed by atoms with Crippen LogP contribution in [0.4, 0.5) is 0 Å². The number of hydrogen-bond acceptors (Lipinski definition) is 3. The lowest BCUT2D eigenvalue weighted by Gasteiger charge is -2.39. The van der Waals surface area contributed by atoms with Crippen LogP contribution in [0.2, 0.25) is 0 Å². The maximum atomic E-state index is 12.1. The van der Waals surface area contributed by atoms with Gasteiger partial charge in [-0.05, 0) is 12.8 Å². The first-order valence-corrected chi connectivity index (χ1v) is 7.25. The van der Waals surface area contributed by atoms with E-state index in [0.29, 0.717) is 6.54 Å². The van der Waals surface area contributed by atoms with Gasteiger partial charge in [0.05, 0.1) is 0 Å². The van der Waals surface area contributed by atoms with Crippen LogP contribution in [0.1, 0.15) is 26.7 Å². The van der Waals surface area contributed by atoms with Crippen molar-refractivity contribution in [1.29, 1.82) is 0 Å². The fraction of sp³-hybridized carbons (Fsp3) is 1.00. The molecule has 0 bridgehead atoms. The van der Waals surface area contributed by atoms with Gasteiger partial charge in [-0.3, -0.25) is 0 Å². The zero-order valence-electron chi connectivity index (χ0n) is 10.6. The molecular weight excluding hydrogens is 226 g/mol. The number of piperazine rings is 1. The molecular formula is C10H23N3O2S. The van der Waals surface area contributed by atoms with Crippen molar-refractivity contribution in [2.45, 2.75) is 38.8 Å². The zero-order valence-corrected chi connectivity index (χ0v) is 11.4. The molecule has 1 saturated heterocycles. The fourth-order valence-electron chi connectivity index (χ4n) is 1.95. The Hall–Kier alpha value is -0.170. The van der Waals surface area contributed by atoms with Gasteiger partial charge in [0, 0.05) is 39.3 Å². The normalized spacial score (nSPS) is 28.6. The van der Waals surface area contributed by atoms with Crippen molar-refractivity contribution in [3.63, 3.8) is 0 Å². The Bertz CT molecular complexity index is 316. The van der Waals surface area contributed by atoms with Gasteiger partial charge in [0.1, 0.15) is 0 Å². The maximum Gasteiger partial charge on any atom is 0.281 e. The number of nitrogens with zero attached hydrogens (tertiary/aromatic N) is 2. The van der Waals surface area contributed by atoms with Crippen molar-refractivity contribution in [3.8, 4) is 0 Å². The second kappa shape index (κ2) is 5.44. The van der Waals surface area contributed by atoms with Crippen molar-refractivity contribution in [2.24, 2.45) is 0 Å². The Kier molecular flexibility index (Phi) is 4.73. The average Bonchev–Trinajstić information content (AvgIpc) is 2.27. The van der Waals surface area contributed by atoms with Crippen molar-refractivity contribution >= 4 is 10.2 Å². The third-order valence-electron chi connectivity index (χ3n) is 3.17. The first-order valence-electron chi connectivity index (χ1n) is 5.86. The Balaban J connectivity index is 2.88. The summed E-state index contributed by atoms with van der Waals surface area (Å²) in [7, 11) is -0.101. The highest BCUT2D eigenvalue weighted by atomic mass is 32.2. The van der Waals surface area contributed by atoms with Gasteiger partial charge in [-0.2, -0.15) is 17.0 Å². The summed E-state index contributed by atoms with van der Waals surface area (Å²) in [6.07, 6.45) is 1.80. The minimum absolute atomic E-state index is 0.0789. The number of hydrogen-bond donors (Lipinski definition) is 1. The van der Waals surface area contributed by atoms with E-state index < -0.39 is 10.2 Å². The largest absolute Gasteiger partial charge is 0.311 e. The van der Waals surface area contributed by atoms with E-state index in [-0.39, 0.29) is 12.1 Å². The van der Waals surface area contributed by atoms with Crippen LogP contribution in [0.5, 0.6) is 0 Å². The van der Waals surface area contributed by atoms with E-state index >= 15 is 0 Å². The first-order chi connectivity index (χ1) is 7.43. The Morgan fingerprint density at radius 1 is 1.31 bits per heavy atom. The molecule has 0 aliphatic carbocycles. The van der Waals surface area contributed by atoms with E-state index in [2.05, 4.69) is 12.2 Å². The highest BCUT2D eigenvalue weighted by molar-refractivity contribution is 7.86. The van der Waals surface area contributed by atoms with Crippen LogP contribution in [-0.2, 0) is 10.2 Å². The molecule has 6 heteroatoms. The van der Waals surface area contributed by atoms with E-state index in [1.54, 1.807) is 18.4 Å². The molecule has 1 rings (SSSR count). The third kappa shape index (κ3) is 2.74. The Morgan fingerprint density at radius 3 is 2.38 bits per heavy atom. The van der Waals surface area contributed by atoms with Crippen LogP contribution in [0.3, 0.4) is 0 Å². The topological polar surface area (TPSA) is 52.7 Å². The minimum Gasteiger partial charge on any atom is -0.311 e. The molecule has 2 unspecified atom stereocenters. The van der Waals surface area contributed by atoms with Crippen LogP contribution in [0, 0.1) is 0 Å². The van der Waals surface area contributed by atoms with Crippen molar-refractivity contribution in [1.82, 2.24) is 13.9 Å². The van der Waals surface area contributed by atoms with Crippen LogP contribution in [-0.4, -0.2) is 56.3 Å². The summed E-state index contributed by atoms with van der Waals surface area (Å²) in [6.45, 7) is 5.43. The standard InChI is InChI=1S/C10H23N3O2S/c1-5-9-8-13(10(6-2)7-11-9)16(14,15)12(3)4/h9-11H,5-8H2,1-4H3. The van der Waals surface area contributed by atoms with E-state index in [0.717, 1.165) is 19.4 Å². The monoisotopic (exact) mass is 249 g/mol. The van der Waals surface area contributed by atoms with Gasteiger partial charge >= 0.3 is 0 Å². The van der Waals surface area contributed by atoms with Gasteiger partial charge in [0.2, 0.25) is 0 Å². The molecule has 1 heterocycles. The second-order valence-electron chi connectivity index (χ2n) is 4.44. The summed E-state index contributed by atoms with van der Waals surface area (Å²) in [6, 6.07) is 0.354. The smallest absolute Gasteiger partial charge is 0.281 e. The molecule has 1 fully saturated rings. The van der Waals surface area contributed by atoms with Crippen molar-refractivity contribution in [3.05, 3.63) is 0 Å². The molecule has 5 nitrogen and oxygen atoms in total. The minimum atomic E-state index is -3.28. The van der Waals surface area contributed by atoms with Crippen LogP contribution in [0.15, 0.2) is 0 Å². The summed E-state index contributed by atoms with van der Waals surface area (Å²) in [5.41, 5.74) is 0. The van der Waals surface area contributed by atoms with Gasteiger partial charge in [0.15, 0.2) is 0 Å². The molecule has 0 radical (unpaired) electrons. The quantitative estimate of drug-likeness (QED) is 0.777. The van der Waals surface area contributed by atoms with Gasteiger partial charge in [-0.1, -0.05) is 13.8 Å². The summed E-state index contributed by atoms with van der Waals surface area (Å²) >= 11 is 0. The SMILES string of the molecule is CCC1CN(S(=O)(=O)N(C)C)C(CC)CN1. The molecule has 2 atom stereocenters. The van der Waals surface area contributed by atoms with Crippen LogP contribution in [0.25, 0.3) is 0 Å². The second-order valence-corrected chi connectivity index (χ2v) is 6.53. The molecule has 1 N–H and O–H groups in total. The van der Waals surface area contributed by atoms with E-state index in [4.69, 9.17) is 0 Å². The highest BCUT2D eigenvalue weighted by Crippen LogP contribution is 2.17. The van der Waals surface area contributed by atoms with Crippen LogP contribution < -0.4 is 5.32 Å². The molecule has 0 spiro atoms. The molecule has 96 valence electrons. The number of nitrogens with one attached hydrogen (secondary N) is 1. The molecule has 0 aromatic carbocycles. The lowest BCUT2D eigenvalue weighted by atomic mass is 10.1. The first kappa shape index (κ1) is 13.9. The Morgan fingerprint density at radius 2 is 1.94 bits per heavy atom. The highest BCUT2D eigenvalue weighted by Gasteiger charge is 2.35. The van der Waals surface area contributed by atoms with Gasteiger partial charge in [-0.15, -0.1) is 0 Å². The fourth-order valence-corrected chi connectivity index (χ4v) is 3.34. The van der Waals surface area contributed by atoms with E-state index in [9.17, 15) is 8.42 Å².